The van der Waals surface area contributed by atoms with Crippen LogP contribution >= 0.6 is 0 Å². The van der Waals surface area contributed by atoms with E-state index in [1.165, 1.54) is 16.1 Å². The number of halogens is 2. The molecule has 4 aromatic rings. The zero-order valence-electron chi connectivity index (χ0n) is 16.5. The van der Waals surface area contributed by atoms with E-state index in [1.807, 2.05) is 6.07 Å². The Kier molecular flexibility index (Phi) is 4.65. The molecule has 3 aromatic heterocycles. The van der Waals surface area contributed by atoms with Crippen LogP contribution < -0.4 is 0 Å². The fourth-order valence-corrected chi connectivity index (χ4v) is 5.56. The molecule has 0 amide bonds. The molecule has 0 bridgehead atoms. The molecule has 1 fully saturated rings. The first kappa shape index (κ1) is 19.9. The van der Waals surface area contributed by atoms with E-state index in [9.17, 15) is 17.2 Å². The summed E-state index contributed by atoms with van der Waals surface area (Å²) in [6, 6.07) is 10.0. The lowest BCUT2D eigenvalue weighted by molar-refractivity contribution is -0.0382. The Hall–Kier alpha value is -3.07. The highest BCUT2D eigenvalue weighted by Gasteiger charge is 2.35. The van der Waals surface area contributed by atoms with E-state index in [4.69, 9.17) is 0 Å². The monoisotopic (exact) mass is 442 g/mol. The van der Waals surface area contributed by atoms with Crippen LogP contribution in [0.1, 0.15) is 37.2 Å². The predicted molar refractivity (Wildman–Crippen MR) is 112 cm³/mol. The third-order valence-electron chi connectivity index (χ3n) is 5.93. The summed E-state index contributed by atoms with van der Waals surface area (Å²) >= 11 is 0. The Morgan fingerprint density at radius 2 is 1.84 bits per heavy atom. The van der Waals surface area contributed by atoms with Gasteiger partial charge in [-0.3, -0.25) is 5.10 Å². The van der Waals surface area contributed by atoms with Crippen molar-refractivity contribution in [2.45, 2.75) is 42.4 Å². The van der Waals surface area contributed by atoms with Gasteiger partial charge < -0.3 is 0 Å². The van der Waals surface area contributed by atoms with E-state index in [0.717, 1.165) is 11.1 Å². The second-order valence-electron chi connectivity index (χ2n) is 7.91. The summed E-state index contributed by atoms with van der Waals surface area (Å²) in [6.07, 6.45) is 6.93. The molecule has 0 spiro atoms. The van der Waals surface area contributed by atoms with Crippen LogP contribution in [0, 0.1) is 0 Å². The average Bonchev–Trinajstić information content (AvgIpc) is 3.42. The van der Waals surface area contributed by atoms with Crippen molar-refractivity contribution in [1.82, 2.24) is 19.2 Å². The fraction of sp³-hybridized carbons (Fsp3) is 0.273. The highest BCUT2D eigenvalue weighted by molar-refractivity contribution is 7.90. The number of H-pyrrole nitrogens is 1. The molecule has 0 saturated heterocycles. The van der Waals surface area contributed by atoms with Crippen molar-refractivity contribution in [3.8, 4) is 11.1 Å². The van der Waals surface area contributed by atoms with Gasteiger partial charge in [-0.2, -0.15) is 5.10 Å². The van der Waals surface area contributed by atoms with Crippen LogP contribution in [0.15, 0.2) is 66.1 Å². The molecule has 160 valence electrons. The standard InChI is InChI=1S/C22H20F2N4O2S/c23-22(24)8-6-15(7-9-22)16-10-19-20(17-12-26-27-13-17)14-28(21(19)25-11-16)31(29,30)18-4-2-1-3-5-18/h1-5,10-15H,6-9H2,(H,26,27). The van der Waals surface area contributed by atoms with Crippen LogP contribution in [0.3, 0.4) is 0 Å². The first-order valence-corrected chi connectivity index (χ1v) is 11.5. The van der Waals surface area contributed by atoms with Gasteiger partial charge in [0.25, 0.3) is 10.0 Å². The molecular formula is C22H20F2N4O2S. The second kappa shape index (κ2) is 7.26. The summed E-state index contributed by atoms with van der Waals surface area (Å²) in [7, 11) is -3.86. The number of benzene rings is 1. The minimum atomic E-state index is -3.86. The number of aromatic nitrogens is 4. The summed E-state index contributed by atoms with van der Waals surface area (Å²) in [4.78, 5) is 4.64. The van der Waals surface area contributed by atoms with E-state index < -0.39 is 15.9 Å². The summed E-state index contributed by atoms with van der Waals surface area (Å²) in [5, 5.41) is 7.37. The largest absolute Gasteiger partial charge is 0.285 e. The lowest BCUT2D eigenvalue weighted by atomic mass is 9.82. The van der Waals surface area contributed by atoms with Crippen LogP contribution in [-0.2, 0) is 10.0 Å². The number of nitrogens with zero attached hydrogens (tertiary/aromatic N) is 3. The van der Waals surface area contributed by atoms with Gasteiger partial charge >= 0.3 is 0 Å². The third-order valence-corrected chi connectivity index (χ3v) is 7.59. The van der Waals surface area contributed by atoms with Gasteiger partial charge in [0.05, 0.1) is 11.1 Å². The smallest absolute Gasteiger partial charge is 0.269 e. The van der Waals surface area contributed by atoms with Gasteiger partial charge in [-0.1, -0.05) is 18.2 Å². The van der Waals surface area contributed by atoms with Gasteiger partial charge in [0, 0.05) is 47.9 Å². The Balaban J connectivity index is 1.65. The van der Waals surface area contributed by atoms with Crippen LogP contribution in [0.2, 0.25) is 0 Å². The van der Waals surface area contributed by atoms with Crippen molar-refractivity contribution in [1.29, 1.82) is 0 Å². The van der Waals surface area contributed by atoms with Crippen LogP contribution in [0.5, 0.6) is 0 Å². The molecule has 0 atom stereocenters. The second-order valence-corrected chi connectivity index (χ2v) is 9.73. The number of hydrogen-bond acceptors (Lipinski definition) is 4. The molecule has 1 saturated carbocycles. The van der Waals surface area contributed by atoms with Crippen molar-refractivity contribution in [2.75, 3.05) is 0 Å². The molecule has 6 nitrogen and oxygen atoms in total. The number of pyridine rings is 1. The molecule has 31 heavy (non-hydrogen) atoms. The topological polar surface area (TPSA) is 80.6 Å². The van der Waals surface area contributed by atoms with Gasteiger partial charge in [0.15, 0.2) is 5.65 Å². The average molecular weight is 442 g/mol. The van der Waals surface area contributed by atoms with E-state index in [2.05, 4.69) is 15.2 Å². The Labute approximate surface area is 178 Å². The molecule has 9 heteroatoms. The van der Waals surface area contributed by atoms with E-state index in [1.54, 1.807) is 43.0 Å². The lowest BCUT2D eigenvalue weighted by Gasteiger charge is -2.28. The van der Waals surface area contributed by atoms with E-state index in [0.29, 0.717) is 29.4 Å². The van der Waals surface area contributed by atoms with Crippen molar-refractivity contribution in [2.24, 2.45) is 0 Å². The Morgan fingerprint density at radius 1 is 1.10 bits per heavy atom. The molecule has 0 radical (unpaired) electrons. The van der Waals surface area contributed by atoms with Crippen molar-refractivity contribution in [3.05, 3.63) is 66.7 Å². The zero-order chi connectivity index (χ0) is 21.6. The normalized spacial score (nSPS) is 17.2. The molecule has 1 aromatic carbocycles. The molecule has 1 aliphatic carbocycles. The molecule has 3 heterocycles. The van der Waals surface area contributed by atoms with Gasteiger partial charge in [0.2, 0.25) is 5.92 Å². The number of rotatable bonds is 4. The van der Waals surface area contributed by atoms with Gasteiger partial charge in [0.1, 0.15) is 0 Å². The minimum Gasteiger partial charge on any atom is -0.285 e. The van der Waals surface area contributed by atoms with Gasteiger partial charge in [-0.05, 0) is 42.5 Å². The maximum absolute atomic E-state index is 13.6. The third kappa shape index (κ3) is 3.52. The van der Waals surface area contributed by atoms with E-state index >= 15 is 0 Å². The van der Waals surface area contributed by atoms with Gasteiger partial charge in [-0.15, -0.1) is 0 Å². The van der Waals surface area contributed by atoms with Crippen LogP contribution in [-0.4, -0.2) is 33.5 Å². The van der Waals surface area contributed by atoms with Crippen LogP contribution in [0.25, 0.3) is 22.2 Å². The number of fused-ring (bicyclic) bond motifs is 1. The predicted octanol–water partition coefficient (Wildman–Crippen LogP) is 4.96. The van der Waals surface area contributed by atoms with E-state index in [-0.39, 0.29) is 23.7 Å². The number of hydrogen-bond donors (Lipinski definition) is 1. The SMILES string of the molecule is O=S(=O)(c1ccccc1)n1cc(-c2cn[nH]c2)c2cc(C3CCC(F)(F)CC3)cnc21. The molecule has 0 aliphatic heterocycles. The Bertz CT molecular complexity index is 1320. The zero-order valence-corrected chi connectivity index (χ0v) is 17.3. The van der Waals surface area contributed by atoms with Crippen LogP contribution in [0.4, 0.5) is 8.78 Å². The lowest BCUT2D eigenvalue weighted by Crippen LogP contribution is -2.23. The van der Waals surface area contributed by atoms with Crippen molar-refractivity contribution >= 4 is 21.1 Å². The van der Waals surface area contributed by atoms with Crippen molar-refractivity contribution < 1.29 is 17.2 Å². The summed E-state index contributed by atoms with van der Waals surface area (Å²) < 4.78 is 55.0. The summed E-state index contributed by atoms with van der Waals surface area (Å²) in [5.41, 5.74) is 2.53. The minimum absolute atomic E-state index is 0.0252. The molecule has 5 rings (SSSR count). The maximum Gasteiger partial charge on any atom is 0.269 e. The van der Waals surface area contributed by atoms with Gasteiger partial charge in [-0.25, -0.2) is 26.2 Å². The quantitative estimate of drug-likeness (QED) is 0.485. The molecule has 0 unspecified atom stereocenters. The highest BCUT2D eigenvalue weighted by Crippen LogP contribution is 2.42. The number of nitrogens with one attached hydrogen (secondary N) is 1. The van der Waals surface area contributed by atoms with Crippen molar-refractivity contribution in [3.63, 3.8) is 0 Å². The molecular weight excluding hydrogens is 422 g/mol. The molecule has 1 N–H and O–H groups in total. The number of alkyl halides is 2. The Morgan fingerprint density at radius 3 is 2.52 bits per heavy atom. The fourth-order valence-electron chi connectivity index (χ4n) is 4.21. The summed E-state index contributed by atoms with van der Waals surface area (Å²) in [6.45, 7) is 0. The maximum atomic E-state index is 13.6. The first-order valence-electron chi connectivity index (χ1n) is 10.0. The number of aromatic amines is 1. The molecule has 1 aliphatic rings. The summed E-state index contributed by atoms with van der Waals surface area (Å²) in [5.74, 6) is -2.63. The first-order chi connectivity index (χ1) is 14.9. The highest BCUT2D eigenvalue weighted by atomic mass is 32.2.